The third-order valence-electron chi connectivity index (χ3n) is 0.816. The highest BCUT2D eigenvalue weighted by Gasteiger charge is 1.98. The lowest BCUT2D eigenvalue weighted by atomic mass is 10.9. The van der Waals surface area contributed by atoms with E-state index in [9.17, 15) is 4.79 Å². The average Bonchev–Trinajstić information content (AvgIpc) is 2.37. The van der Waals surface area contributed by atoms with Crippen molar-refractivity contribution in [3.05, 3.63) is 18.7 Å². The number of carbonyl (C=O) groups is 1. The molecule has 0 aliphatic rings. The number of rotatable bonds is 0. The molecule has 1 rings (SSSR count). The van der Waals surface area contributed by atoms with Crippen LogP contribution >= 0.6 is 11.9 Å². The predicted octanol–water partition coefficient (Wildman–Crippen LogP) is 0.458. The third kappa shape index (κ3) is 1.30. The Kier molecular flexibility index (Phi) is 1.86. The van der Waals surface area contributed by atoms with Gasteiger partial charge in [-0.05, 0) is 0 Å². The van der Waals surface area contributed by atoms with Crippen LogP contribution in [0.2, 0.25) is 0 Å². The van der Waals surface area contributed by atoms with Crippen LogP contribution in [0.15, 0.2) is 18.7 Å². The van der Waals surface area contributed by atoms with Crippen molar-refractivity contribution in [2.45, 2.75) is 0 Å². The van der Waals surface area contributed by atoms with Crippen molar-refractivity contribution in [3.8, 4) is 0 Å². The summed E-state index contributed by atoms with van der Waals surface area (Å²) in [6.45, 7) is 0. The number of aromatic nitrogens is 2. The molecular weight excluding hydrogens is 138 g/mol. The molecule has 0 atom stereocenters. The normalized spacial score (nSPS) is 9.44. The summed E-state index contributed by atoms with van der Waals surface area (Å²) in [6, 6.07) is 0. The zero-order valence-corrected chi connectivity index (χ0v) is 5.34. The van der Waals surface area contributed by atoms with E-state index < -0.39 is 0 Å². The van der Waals surface area contributed by atoms with Gasteiger partial charge < -0.3 is 0 Å². The maximum atomic E-state index is 10.6. The number of hydrogen-bond donors (Lipinski definition) is 1. The van der Waals surface area contributed by atoms with Crippen molar-refractivity contribution in [1.29, 1.82) is 0 Å². The van der Waals surface area contributed by atoms with Crippen molar-refractivity contribution in [3.63, 3.8) is 0 Å². The minimum Gasteiger partial charge on any atom is -0.270 e. The first kappa shape index (κ1) is 6.31. The van der Waals surface area contributed by atoms with Crippen LogP contribution in [-0.4, -0.2) is 14.8 Å². The quantitative estimate of drug-likeness (QED) is 0.536. The minimum absolute atomic E-state index is 0.229. The van der Waals surface area contributed by atoms with Gasteiger partial charge in [-0.3, -0.25) is 14.5 Å². The smallest absolute Gasteiger partial charge is 0.270 e. The molecule has 0 aliphatic heterocycles. The molecule has 0 aliphatic carbocycles. The molecule has 5 heteroatoms. The number of imidazole rings is 1. The maximum Gasteiger partial charge on any atom is 0.305 e. The minimum atomic E-state index is -0.229. The number of hydrogen-bond acceptors (Lipinski definition) is 4. The third-order valence-corrected chi connectivity index (χ3v) is 1.23. The van der Waals surface area contributed by atoms with Gasteiger partial charge in [0.15, 0.2) is 0 Å². The summed E-state index contributed by atoms with van der Waals surface area (Å²) >= 11 is 0.667. The molecule has 0 unspecified atom stereocenters. The summed E-state index contributed by atoms with van der Waals surface area (Å²) in [5.74, 6) is 0. The van der Waals surface area contributed by atoms with Crippen molar-refractivity contribution < 1.29 is 4.79 Å². The molecule has 2 N–H and O–H groups in total. The molecule has 0 aromatic carbocycles. The topological polar surface area (TPSA) is 60.9 Å². The Balaban J connectivity index is 2.77. The van der Waals surface area contributed by atoms with Gasteiger partial charge in [-0.2, -0.15) is 0 Å². The number of carbonyl (C=O) groups excluding carboxylic acids is 1. The summed E-state index contributed by atoms with van der Waals surface area (Å²) < 4.78 is 1.31. The van der Waals surface area contributed by atoms with Crippen molar-refractivity contribution >= 4 is 17.2 Å². The monoisotopic (exact) mass is 143 g/mol. The van der Waals surface area contributed by atoms with E-state index in [4.69, 9.17) is 5.14 Å². The van der Waals surface area contributed by atoms with Gasteiger partial charge >= 0.3 is 5.24 Å². The Morgan fingerprint density at radius 2 is 2.56 bits per heavy atom. The van der Waals surface area contributed by atoms with E-state index in [1.807, 2.05) is 0 Å². The Labute approximate surface area is 56.2 Å². The van der Waals surface area contributed by atoms with Crippen LogP contribution in [0.4, 0.5) is 4.79 Å². The van der Waals surface area contributed by atoms with Crippen LogP contribution in [0.5, 0.6) is 0 Å². The van der Waals surface area contributed by atoms with E-state index >= 15 is 0 Å². The molecule has 1 heterocycles. The molecule has 0 amide bonds. The Morgan fingerprint density at radius 3 is 3.00 bits per heavy atom. The molecule has 0 saturated heterocycles. The lowest BCUT2D eigenvalue weighted by Crippen LogP contribution is -2.04. The van der Waals surface area contributed by atoms with E-state index in [1.54, 1.807) is 6.20 Å². The first-order chi connectivity index (χ1) is 4.34. The first-order valence-corrected chi connectivity index (χ1v) is 3.11. The molecule has 0 saturated carbocycles. The molecule has 0 fully saturated rings. The fourth-order valence-corrected chi connectivity index (χ4v) is 0.658. The zero-order valence-electron chi connectivity index (χ0n) is 4.52. The zero-order chi connectivity index (χ0) is 6.69. The first-order valence-electron chi connectivity index (χ1n) is 2.23. The lowest BCUT2D eigenvalue weighted by molar-refractivity contribution is 0.262. The van der Waals surface area contributed by atoms with E-state index in [0.717, 1.165) is 0 Å². The van der Waals surface area contributed by atoms with Crippen LogP contribution in [0.3, 0.4) is 0 Å². The van der Waals surface area contributed by atoms with Crippen LogP contribution in [0, 0.1) is 0 Å². The van der Waals surface area contributed by atoms with E-state index in [2.05, 4.69) is 4.98 Å². The second kappa shape index (κ2) is 2.65. The SMILES string of the molecule is NSC(=O)n1ccnc1. The molecule has 0 bridgehead atoms. The highest BCUT2D eigenvalue weighted by Crippen LogP contribution is 1.95. The molecule has 4 nitrogen and oxygen atoms in total. The largest absolute Gasteiger partial charge is 0.305 e. The van der Waals surface area contributed by atoms with Gasteiger partial charge in [0, 0.05) is 24.3 Å². The van der Waals surface area contributed by atoms with Crippen molar-refractivity contribution in [1.82, 2.24) is 9.55 Å². The molecular formula is C4H5N3OS. The van der Waals surface area contributed by atoms with Crippen molar-refractivity contribution in [2.24, 2.45) is 5.14 Å². The molecule has 0 spiro atoms. The standard InChI is InChI=1S/C4H5N3OS/c5-9-4(8)7-2-1-6-3-7/h1-3H,5H2. The summed E-state index contributed by atoms with van der Waals surface area (Å²) in [7, 11) is 0. The summed E-state index contributed by atoms with van der Waals surface area (Å²) in [4.78, 5) is 14.3. The highest BCUT2D eigenvalue weighted by atomic mass is 32.2. The van der Waals surface area contributed by atoms with Crippen LogP contribution in [0.1, 0.15) is 0 Å². The van der Waals surface area contributed by atoms with Crippen LogP contribution < -0.4 is 5.14 Å². The number of nitrogens with zero attached hydrogens (tertiary/aromatic N) is 2. The molecule has 1 aromatic rings. The second-order valence-electron chi connectivity index (χ2n) is 1.35. The van der Waals surface area contributed by atoms with Gasteiger partial charge in [0.1, 0.15) is 6.33 Å². The molecule has 9 heavy (non-hydrogen) atoms. The summed E-state index contributed by atoms with van der Waals surface area (Å²) in [5, 5.41) is 4.75. The van der Waals surface area contributed by atoms with Crippen LogP contribution in [-0.2, 0) is 0 Å². The van der Waals surface area contributed by atoms with Gasteiger partial charge in [-0.15, -0.1) is 0 Å². The van der Waals surface area contributed by atoms with E-state index in [0.29, 0.717) is 11.9 Å². The van der Waals surface area contributed by atoms with Crippen molar-refractivity contribution in [2.75, 3.05) is 0 Å². The van der Waals surface area contributed by atoms with Crippen LogP contribution in [0.25, 0.3) is 0 Å². The maximum absolute atomic E-state index is 10.6. The fourth-order valence-electron chi connectivity index (χ4n) is 0.428. The predicted molar refractivity (Wildman–Crippen MR) is 34.8 cm³/mol. The lowest BCUT2D eigenvalue weighted by Gasteiger charge is -1.91. The van der Waals surface area contributed by atoms with Gasteiger partial charge in [-0.25, -0.2) is 4.98 Å². The Bertz CT molecular complexity index is 196. The molecule has 48 valence electrons. The highest BCUT2D eigenvalue weighted by molar-refractivity contribution is 8.11. The Morgan fingerprint density at radius 1 is 1.78 bits per heavy atom. The summed E-state index contributed by atoms with van der Waals surface area (Å²) in [6.07, 6.45) is 4.47. The molecule has 1 aromatic heterocycles. The number of nitrogens with two attached hydrogens (primary N) is 1. The van der Waals surface area contributed by atoms with E-state index in [1.165, 1.54) is 17.1 Å². The van der Waals surface area contributed by atoms with Gasteiger partial charge in [-0.1, -0.05) is 0 Å². The Hall–Kier alpha value is -0.810. The fraction of sp³-hybridized carbons (Fsp3) is 0. The molecule has 0 radical (unpaired) electrons. The van der Waals surface area contributed by atoms with Gasteiger partial charge in [0.25, 0.3) is 0 Å². The second-order valence-corrected chi connectivity index (χ2v) is 1.94. The summed E-state index contributed by atoms with van der Waals surface area (Å²) in [5.41, 5.74) is 0. The van der Waals surface area contributed by atoms with Gasteiger partial charge in [0.2, 0.25) is 0 Å². The van der Waals surface area contributed by atoms with Gasteiger partial charge in [0.05, 0.1) is 0 Å². The van der Waals surface area contributed by atoms with E-state index in [-0.39, 0.29) is 5.24 Å². The average molecular weight is 143 g/mol.